The molecule has 1 fully saturated rings. The van der Waals surface area contributed by atoms with Gasteiger partial charge in [-0.1, -0.05) is 0 Å². The highest BCUT2D eigenvalue weighted by Crippen LogP contribution is 2.30. The number of amides is 1. The number of carbonyl (C=O) groups is 1. The van der Waals surface area contributed by atoms with Crippen LogP contribution in [0.5, 0.6) is 0 Å². The molecule has 1 saturated carbocycles. The van der Waals surface area contributed by atoms with E-state index >= 15 is 0 Å². The molecule has 0 aromatic carbocycles. The third-order valence-corrected chi connectivity index (χ3v) is 2.94. The molecule has 2 aromatic heterocycles. The van der Waals surface area contributed by atoms with Gasteiger partial charge in [0.25, 0.3) is 0 Å². The van der Waals surface area contributed by atoms with Crippen molar-refractivity contribution in [2.24, 2.45) is 5.92 Å². The van der Waals surface area contributed by atoms with Gasteiger partial charge in [-0.2, -0.15) is 0 Å². The van der Waals surface area contributed by atoms with E-state index < -0.39 is 0 Å². The highest BCUT2D eigenvalue weighted by molar-refractivity contribution is 5.95. The second kappa shape index (κ2) is 4.21. The minimum atomic E-state index is 0.0338. The molecular weight excluding hydrogens is 230 g/mol. The second-order valence-electron chi connectivity index (χ2n) is 4.34. The fraction of sp³-hybridized carbons (Fsp3) is 0.333. The first-order valence-electron chi connectivity index (χ1n) is 5.89. The molecule has 0 saturated heterocycles. The van der Waals surface area contributed by atoms with Crippen LogP contribution in [0, 0.1) is 5.92 Å². The summed E-state index contributed by atoms with van der Waals surface area (Å²) < 4.78 is 0. The number of fused-ring (bicyclic) bond motifs is 1. The van der Waals surface area contributed by atoms with E-state index in [0.717, 1.165) is 18.2 Å². The first-order valence-corrected chi connectivity index (χ1v) is 5.89. The maximum absolute atomic E-state index is 11.6. The van der Waals surface area contributed by atoms with Crippen molar-refractivity contribution in [1.82, 2.24) is 15.2 Å². The maximum atomic E-state index is 11.6. The van der Waals surface area contributed by atoms with Crippen molar-refractivity contribution in [3.63, 3.8) is 0 Å². The number of anilines is 2. The Kier molecular flexibility index (Phi) is 2.55. The first kappa shape index (κ1) is 10.9. The van der Waals surface area contributed by atoms with Gasteiger partial charge in [0, 0.05) is 24.5 Å². The van der Waals surface area contributed by atoms with Crippen LogP contribution in [-0.2, 0) is 4.79 Å². The Balaban J connectivity index is 1.93. The average Bonchev–Trinajstić information content (AvgIpc) is 3.22. The maximum Gasteiger partial charge on any atom is 0.228 e. The predicted octanol–water partition coefficient (Wildman–Crippen LogP) is 1.41. The smallest absolute Gasteiger partial charge is 0.228 e. The molecule has 6 nitrogen and oxygen atoms in total. The van der Waals surface area contributed by atoms with Crippen LogP contribution in [0.2, 0.25) is 0 Å². The summed E-state index contributed by atoms with van der Waals surface area (Å²) in [6.07, 6.45) is 3.64. The van der Waals surface area contributed by atoms with Crippen LogP contribution in [-0.4, -0.2) is 28.1 Å². The molecule has 2 aromatic rings. The fourth-order valence-electron chi connectivity index (χ4n) is 1.79. The lowest BCUT2D eigenvalue weighted by Crippen LogP contribution is -2.14. The number of hydrogen-bond acceptors (Lipinski definition) is 5. The number of nitrogens with zero attached hydrogens (tertiary/aromatic N) is 3. The molecule has 0 aliphatic heterocycles. The minimum Gasteiger partial charge on any atom is -0.371 e. The largest absolute Gasteiger partial charge is 0.371 e. The topological polar surface area (TPSA) is 79.8 Å². The summed E-state index contributed by atoms with van der Waals surface area (Å²) in [5.41, 5.74) is 0.699. The van der Waals surface area contributed by atoms with Gasteiger partial charge in [0.2, 0.25) is 5.91 Å². The molecule has 1 amide bonds. The molecule has 1 aliphatic carbocycles. The van der Waals surface area contributed by atoms with Crippen molar-refractivity contribution in [2.45, 2.75) is 12.8 Å². The zero-order chi connectivity index (χ0) is 12.5. The summed E-state index contributed by atoms with van der Waals surface area (Å²) in [6, 6.07) is 3.66. The molecule has 2 N–H and O–H groups in total. The quantitative estimate of drug-likeness (QED) is 0.852. The lowest BCUT2D eigenvalue weighted by molar-refractivity contribution is -0.117. The van der Waals surface area contributed by atoms with Gasteiger partial charge in [0.05, 0.1) is 0 Å². The number of rotatable bonds is 3. The Morgan fingerprint density at radius 2 is 2.22 bits per heavy atom. The second-order valence-corrected chi connectivity index (χ2v) is 4.34. The minimum absolute atomic E-state index is 0.0338. The fourth-order valence-corrected chi connectivity index (χ4v) is 1.79. The summed E-state index contributed by atoms with van der Waals surface area (Å²) in [7, 11) is 1.78. The Bertz CT molecular complexity index is 608. The third kappa shape index (κ3) is 1.97. The van der Waals surface area contributed by atoms with Crippen molar-refractivity contribution >= 4 is 28.4 Å². The van der Waals surface area contributed by atoms with E-state index in [2.05, 4.69) is 25.8 Å². The van der Waals surface area contributed by atoms with Gasteiger partial charge in [-0.05, 0) is 25.0 Å². The molecule has 0 radical (unpaired) electrons. The molecule has 18 heavy (non-hydrogen) atoms. The van der Waals surface area contributed by atoms with Crippen LogP contribution < -0.4 is 10.6 Å². The van der Waals surface area contributed by atoms with E-state index in [1.807, 2.05) is 12.1 Å². The molecule has 0 spiro atoms. The number of aromatic nitrogens is 3. The number of carbonyl (C=O) groups excluding carboxylic acids is 1. The van der Waals surface area contributed by atoms with Crippen molar-refractivity contribution in [3.05, 3.63) is 18.3 Å². The van der Waals surface area contributed by atoms with E-state index in [0.29, 0.717) is 17.2 Å². The van der Waals surface area contributed by atoms with Gasteiger partial charge in [-0.25, -0.2) is 4.98 Å². The zero-order valence-corrected chi connectivity index (χ0v) is 9.97. The highest BCUT2D eigenvalue weighted by Gasteiger charge is 2.29. The van der Waals surface area contributed by atoms with Crippen LogP contribution in [0.4, 0.5) is 11.6 Å². The number of hydrogen-bond donors (Lipinski definition) is 2. The highest BCUT2D eigenvalue weighted by atomic mass is 16.2. The summed E-state index contributed by atoms with van der Waals surface area (Å²) >= 11 is 0. The summed E-state index contributed by atoms with van der Waals surface area (Å²) in [5.74, 6) is 1.37. The van der Waals surface area contributed by atoms with Crippen LogP contribution in [0.15, 0.2) is 18.3 Å². The van der Waals surface area contributed by atoms with Gasteiger partial charge in [0.1, 0.15) is 5.52 Å². The standard InChI is InChI=1S/C12H13N5O/c1-13-11-10-8(4-5-14-11)6-9(16-17-10)15-12(18)7-2-3-7/h4-7H,2-3H2,1H3,(H,13,14)(H,15,16,18). The van der Waals surface area contributed by atoms with Crippen molar-refractivity contribution in [2.75, 3.05) is 17.7 Å². The SMILES string of the molecule is CNc1nccc2cc(NC(=O)C3CC3)nnc12. The van der Waals surface area contributed by atoms with Gasteiger partial charge >= 0.3 is 0 Å². The predicted molar refractivity (Wildman–Crippen MR) is 68.2 cm³/mol. The Morgan fingerprint density at radius 1 is 1.39 bits per heavy atom. The first-order chi connectivity index (χ1) is 8.78. The summed E-state index contributed by atoms with van der Waals surface area (Å²) in [5, 5.41) is 14.7. The molecule has 0 atom stereocenters. The molecule has 92 valence electrons. The normalized spacial score (nSPS) is 14.5. The lowest BCUT2D eigenvalue weighted by Gasteiger charge is -2.06. The molecular formula is C12H13N5O. The van der Waals surface area contributed by atoms with E-state index in [4.69, 9.17) is 0 Å². The zero-order valence-electron chi connectivity index (χ0n) is 9.97. The van der Waals surface area contributed by atoms with Gasteiger partial charge in [-0.15, -0.1) is 10.2 Å². The molecule has 3 rings (SSSR count). The Labute approximate surface area is 104 Å². The molecule has 6 heteroatoms. The molecule has 2 heterocycles. The summed E-state index contributed by atoms with van der Waals surface area (Å²) in [6.45, 7) is 0. The van der Waals surface area contributed by atoms with E-state index in [1.54, 1.807) is 13.2 Å². The van der Waals surface area contributed by atoms with Crippen LogP contribution in [0.25, 0.3) is 10.9 Å². The number of pyridine rings is 1. The Morgan fingerprint density at radius 3 is 2.94 bits per heavy atom. The summed E-state index contributed by atoms with van der Waals surface area (Å²) in [4.78, 5) is 15.8. The van der Waals surface area contributed by atoms with E-state index in [9.17, 15) is 4.79 Å². The monoisotopic (exact) mass is 243 g/mol. The van der Waals surface area contributed by atoms with Crippen LogP contribution in [0.1, 0.15) is 12.8 Å². The van der Waals surface area contributed by atoms with Crippen LogP contribution in [0.3, 0.4) is 0 Å². The Hall–Kier alpha value is -2.24. The molecule has 1 aliphatic rings. The van der Waals surface area contributed by atoms with E-state index in [1.165, 1.54) is 0 Å². The van der Waals surface area contributed by atoms with Crippen molar-refractivity contribution in [3.8, 4) is 0 Å². The lowest BCUT2D eigenvalue weighted by atomic mass is 10.2. The van der Waals surface area contributed by atoms with E-state index in [-0.39, 0.29) is 11.8 Å². The third-order valence-electron chi connectivity index (χ3n) is 2.94. The number of nitrogens with one attached hydrogen (secondary N) is 2. The van der Waals surface area contributed by atoms with Crippen molar-refractivity contribution in [1.29, 1.82) is 0 Å². The van der Waals surface area contributed by atoms with Crippen molar-refractivity contribution < 1.29 is 4.79 Å². The molecule has 0 bridgehead atoms. The van der Waals surface area contributed by atoms with Crippen LogP contribution >= 0.6 is 0 Å². The van der Waals surface area contributed by atoms with Gasteiger partial charge < -0.3 is 10.6 Å². The van der Waals surface area contributed by atoms with Gasteiger partial charge in [-0.3, -0.25) is 4.79 Å². The van der Waals surface area contributed by atoms with Gasteiger partial charge in [0.15, 0.2) is 11.6 Å². The average molecular weight is 243 g/mol. The molecule has 0 unspecified atom stereocenters.